The molecule has 0 unspecified atom stereocenters. The van der Waals surface area contributed by atoms with Crippen LogP contribution in [-0.4, -0.2) is 41.5 Å². The quantitative estimate of drug-likeness (QED) is 0.593. The molecule has 0 spiro atoms. The maximum absolute atomic E-state index is 10.9. The standard InChI is InChI=1S/C9H17NO5/c1-6(2)5-15-9(14)10-4-3-7(11)8(12)13/h6-7,11H,3-5H2,1-2H3,(H,10,14)(H,12,13)/t7-/m0/s1. The summed E-state index contributed by atoms with van der Waals surface area (Å²) in [5, 5.41) is 19.5. The number of carbonyl (C=O) groups excluding carboxylic acids is 1. The fourth-order valence-corrected chi connectivity index (χ4v) is 0.728. The van der Waals surface area contributed by atoms with Gasteiger partial charge >= 0.3 is 12.1 Å². The highest BCUT2D eigenvalue weighted by atomic mass is 16.5. The van der Waals surface area contributed by atoms with E-state index in [4.69, 9.17) is 14.9 Å². The van der Waals surface area contributed by atoms with Crippen molar-refractivity contribution < 1.29 is 24.5 Å². The molecule has 0 aromatic rings. The molecule has 88 valence electrons. The van der Waals surface area contributed by atoms with Crippen LogP contribution in [0.4, 0.5) is 4.79 Å². The van der Waals surface area contributed by atoms with E-state index in [-0.39, 0.29) is 18.9 Å². The molecule has 0 aliphatic carbocycles. The molecule has 1 amide bonds. The summed E-state index contributed by atoms with van der Waals surface area (Å²) in [6.07, 6.45) is -2.08. The second-order valence-corrected chi connectivity index (χ2v) is 3.56. The summed E-state index contributed by atoms with van der Waals surface area (Å²) in [4.78, 5) is 21.1. The number of carboxylic acid groups (broad SMARTS) is 1. The van der Waals surface area contributed by atoms with Crippen molar-refractivity contribution >= 4 is 12.1 Å². The zero-order chi connectivity index (χ0) is 11.8. The van der Waals surface area contributed by atoms with Crippen LogP contribution >= 0.6 is 0 Å². The summed E-state index contributed by atoms with van der Waals surface area (Å²) in [5.41, 5.74) is 0. The molecule has 0 aliphatic rings. The Bertz CT molecular complexity index is 217. The van der Waals surface area contributed by atoms with Crippen LogP contribution in [0, 0.1) is 5.92 Å². The maximum Gasteiger partial charge on any atom is 0.407 e. The second kappa shape index (κ2) is 7.05. The van der Waals surface area contributed by atoms with Crippen LogP contribution in [0.3, 0.4) is 0 Å². The number of amides is 1. The summed E-state index contributed by atoms with van der Waals surface area (Å²) >= 11 is 0. The van der Waals surface area contributed by atoms with Crippen LogP contribution in [0.1, 0.15) is 20.3 Å². The first-order valence-electron chi connectivity index (χ1n) is 4.75. The topological polar surface area (TPSA) is 95.9 Å². The number of nitrogens with one attached hydrogen (secondary N) is 1. The first-order chi connectivity index (χ1) is 6.93. The second-order valence-electron chi connectivity index (χ2n) is 3.56. The van der Waals surface area contributed by atoms with Gasteiger partial charge in [-0.3, -0.25) is 0 Å². The van der Waals surface area contributed by atoms with E-state index in [9.17, 15) is 9.59 Å². The van der Waals surface area contributed by atoms with Gasteiger partial charge < -0.3 is 20.3 Å². The van der Waals surface area contributed by atoms with Gasteiger partial charge in [0.15, 0.2) is 6.10 Å². The highest BCUT2D eigenvalue weighted by molar-refractivity contribution is 5.72. The molecule has 0 saturated heterocycles. The Morgan fingerprint density at radius 1 is 1.40 bits per heavy atom. The van der Waals surface area contributed by atoms with Crippen LogP contribution in [0.5, 0.6) is 0 Å². The number of rotatable bonds is 6. The predicted molar refractivity (Wildman–Crippen MR) is 52.4 cm³/mol. The Morgan fingerprint density at radius 3 is 2.47 bits per heavy atom. The zero-order valence-electron chi connectivity index (χ0n) is 8.90. The van der Waals surface area contributed by atoms with Crippen LogP contribution in [0.15, 0.2) is 0 Å². The summed E-state index contributed by atoms with van der Waals surface area (Å²) < 4.78 is 4.77. The minimum atomic E-state index is -1.45. The third kappa shape index (κ3) is 7.75. The van der Waals surface area contributed by atoms with Gasteiger partial charge in [-0.25, -0.2) is 9.59 Å². The molecule has 6 heteroatoms. The molecule has 0 fully saturated rings. The van der Waals surface area contributed by atoms with Crippen LogP contribution < -0.4 is 5.32 Å². The average Bonchev–Trinajstić information content (AvgIpc) is 2.14. The van der Waals surface area contributed by atoms with Gasteiger partial charge in [-0.05, 0) is 5.92 Å². The van der Waals surface area contributed by atoms with E-state index in [1.54, 1.807) is 0 Å². The molecule has 0 aromatic carbocycles. The van der Waals surface area contributed by atoms with Crippen LogP contribution in [0.25, 0.3) is 0 Å². The normalized spacial score (nSPS) is 12.3. The summed E-state index contributed by atoms with van der Waals surface area (Å²) in [5.74, 6) is -1.05. The molecule has 0 aliphatic heterocycles. The number of ether oxygens (including phenoxy) is 1. The van der Waals surface area contributed by atoms with E-state index in [1.165, 1.54) is 0 Å². The largest absolute Gasteiger partial charge is 0.479 e. The Balaban J connectivity index is 3.51. The number of carbonyl (C=O) groups is 2. The minimum Gasteiger partial charge on any atom is -0.479 e. The van der Waals surface area contributed by atoms with Gasteiger partial charge in [-0.1, -0.05) is 13.8 Å². The van der Waals surface area contributed by atoms with Gasteiger partial charge in [-0.2, -0.15) is 0 Å². The monoisotopic (exact) mass is 219 g/mol. The Labute approximate surface area is 88.2 Å². The molecule has 0 radical (unpaired) electrons. The third-order valence-corrected chi connectivity index (χ3v) is 1.52. The average molecular weight is 219 g/mol. The van der Waals surface area contributed by atoms with Crippen molar-refractivity contribution in [2.24, 2.45) is 5.92 Å². The molecule has 0 heterocycles. The van der Waals surface area contributed by atoms with Crippen molar-refractivity contribution in [3.8, 4) is 0 Å². The van der Waals surface area contributed by atoms with Gasteiger partial charge in [-0.15, -0.1) is 0 Å². The number of hydrogen-bond donors (Lipinski definition) is 3. The molecule has 15 heavy (non-hydrogen) atoms. The summed E-state index contributed by atoms with van der Waals surface area (Å²) in [6.45, 7) is 4.20. The maximum atomic E-state index is 10.9. The van der Waals surface area contributed by atoms with E-state index in [0.29, 0.717) is 6.61 Å². The van der Waals surface area contributed by atoms with Gasteiger partial charge in [0.2, 0.25) is 0 Å². The molecule has 0 rings (SSSR count). The van der Waals surface area contributed by atoms with Crippen LogP contribution in [0.2, 0.25) is 0 Å². The highest BCUT2D eigenvalue weighted by Gasteiger charge is 2.13. The van der Waals surface area contributed by atoms with Crippen molar-refractivity contribution in [1.29, 1.82) is 0 Å². The van der Waals surface area contributed by atoms with Gasteiger partial charge in [0.25, 0.3) is 0 Å². The van der Waals surface area contributed by atoms with E-state index in [0.717, 1.165) is 0 Å². The molecular formula is C9H17NO5. The first-order valence-corrected chi connectivity index (χ1v) is 4.75. The molecule has 1 atom stereocenters. The van der Waals surface area contributed by atoms with Gasteiger partial charge in [0.1, 0.15) is 0 Å². The molecule has 0 aromatic heterocycles. The van der Waals surface area contributed by atoms with Crippen molar-refractivity contribution in [2.75, 3.05) is 13.2 Å². The van der Waals surface area contributed by atoms with Crippen molar-refractivity contribution in [2.45, 2.75) is 26.4 Å². The van der Waals surface area contributed by atoms with Gasteiger partial charge in [0, 0.05) is 13.0 Å². The molecule has 6 nitrogen and oxygen atoms in total. The summed E-state index contributed by atoms with van der Waals surface area (Å²) in [6, 6.07) is 0. The van der Waals surface area contributed by atoms with E-state index in [2.05, 4.69) is 5.32 Å². The fourth-order valence-electron chi connectivity index (χ4n) is 0.728. The lowest BCUT2D eigenvalue weighted by molar-refractivity contribution is -0.146. The molecule has 0 saturated carbocycles. The lowest BCUT2D eigenvalue weighted by Gasteiger charge is -2.09. The van der Waals surface area contributed by atoms with E-state index >= 15 is 0 Å². The Hall–Kier alpha value is -1.30. The Kier molecular flexibility index (Phi) is 6.44. The lowest BCUT2D eigenvalue weighted by atomic mass is 10.2. The Morgan fingerprint density at radius 2 is 2.00 bits per heavy atom. The number of aliphatic hydroxyl groups is 1. The smallest absolute Gasteiger partial charge is 0.407 e. The first kappa shape index (κ1) is 13.7. The lowest BCUT2D eigenvalue weighted by Crippen LogP contribution is -2.31. The molecule has 0 bridgehead atoms. The van der Waals surface area contributed by atoms with Crippen LogP contribution in [-0.2, 0) is 9.53 Å². The van der Waals surface area contributed by atoms with E-state index in [1.807, 2.05) is 13.8 Å². The molecule has 3 N–H and O–H groups in total. The number of aliphatic hydroxyl groups excluding tert-OH is 1. The van der Waals surface area contributed by atoms with Crippen molar-refractivity contribution in [3.05, 3.63) is 0 Å². The number of carboxylic acids is 1. The van der Waals surface area contributed by atoms with Gasteiger partial charge in [0.05, 0.1) is 6.61 Å². The number of hydrogen-bond acceptors (Lipinski definition) is 4. The predicted octanol–water partition coefficient (Wildman–Crippen LogP) is 0.204. The third-order valence-electron chi connectivity index (χ3n) is 1.52. The number of aliphatic carboxylic acids is 1. The highest BCUT2D eigenvalue weighted by Crippen LogP contribution is 1.93. The zero-order valence-corrected chi connectivity index (χ0v) is 8.90. The SMILES string of the molecule is CC(C)COC(=O)NCC[C@H](O)C(=O)O. The molecular weight excluding hydrogens is 202 g/mol. The van der Waals surface area contributed by atoms with E-state index < -0.39 is 18.2 Å². The minimum absolute atomic E-state index is 0.0356. The number of alkyl carbamates (subject to hydrolysis) is 1. The summed E-state index contributed by atoms with van der Waals surface area (Å²) in [7, 11) is 0. The van der Waals surface area contributed by atoms with Crippen molar-refractivity contribution in [3.63, 3.8) is 0 Å². The fraction of sp³-hybridized carbons (Fsp3) is 0.778. The van der Waals surface area contributed by atoms with Crippen molar-refractivity contribution in [1.82, 2.24) is 5.32 Å².